The standard InChI is InChI=1S/C3H10N4O/c1-2(8-6)7-3(4)5/h2H,6H2,1H3,(H4,4,5,7). The maximum absolute atomic E-state index is 4.96. The zero-order valence-corrected chi connectivity index (χ0v) is 4.66. The van der Waals surface area contributed by atoms with Crippen molar-refractivity contribution in [3.63, 3.8) is 0 Å². The first-order valence-corrected chi connectivity index (χ1v) is 2.11. The number of guanidine groups is 1. The molecule has 1 unspecified atom stereocenters. The van der Waals surface area contributed by atoms with Crippen molar-refractivity contribution in [3.05, 3.63) is 0 Å². The third-order valence-electron chi connectivity index (χ3n) is 0.528. The SMILES string of the molecule is CC(N=C(N)N)ON. The fourth-order valence-corrected chi connectivity index (χ4v) is 0.240. The Morgan fingerprint density at radius 1 is 1.62 bits per heavy atom. The Bertz CT molecular complexity index is 87.3. The normalized spacial score (nSPS) is 12.8. The van der Waals surface area contributed by atoms with Crippen molar-refractivity contribution in [1.29, 1.82) is 0 Å². The van der Waals surface area contributed by atoms with Gasteiger partial charge in [-0.05, 0) is 6.92 Å². The quantitative estimate of drug-likeness (QED) is 0.233. The molecule has 0 spiro atoms. The van der Waals surface area contributed by atoms with Gasteiger partial charge < -0.3 is 11.5 Å². The van der Waals surface area contributed by atoms with Crippen LogP contribution >= 0.6 is 0 Å². The second kappa shape index (κ2) is 3.23. The van der Waals surface area contributed by atoms with E-state index in [1.807, 2.05) is 0 Å². The van der Waals surface area contributed by atoms with Crippen LogP contribution in [0.25, 0.3) is 0 Å². The van der Waals surface area contributed by atoms with Gasteiger partial charge in [-0.1, -0.05) is 0 Å². The summed E-state index contributed by atoms with van der Waals surface area (Å²) in [5.41, 5.74) is 9.92. The maximum Gasteiger partial charge on any atom is 0.188 e. The molecule has 0 aromatic carbocycles. The van der Waals surface area contributed by atoms with E-state index in [0.29, 0.717) is 0 Å². The molecule has 48 valence electrons. The molecule has 0 saturated heterocycles. The summed E-state index contributed by atoms with van der Waals surface area (Å²) < 4.78 is 0. The van der Waals surface area contributed by atoms with Gasteiger partial charge in [0, 0.05) is 0 Å². The Kier molecular flexibility index (Phi) is 2.90. The lowest BCUT2D eigenvalue weighted by Crippen LogP contribution is -2.26. The first kappa shape index (κ1) is 7.19. The molecule has 0 aromatic rings. The van der Waals surface area contributed by atoms with E-state index in [1.165, 1.54) is 0 Å². The monoisotopic (exact) mass is 118 g/mol. The number of aliphatic imine (C=N–C) groups is 1. The third-order valence-corrected chi connectivity index (χ3v) is 0.528. The third kappa shape index (κ3) is 3.38. The van der Waals surface area contributed by atoms with Crippen LogP contribution in [0.3, 0.4) is 0 Å². The first-order chi connectivity index (χ1) is 3.66. The van der Waals surface area contributed by atoms with E-state index in [0.717, 1.165) is 0 Å². The minimum Gasteiger partial charge on any atom is -0.370 e. The Labute approximate surface area is 47.5 Å². The number of nitrogens with zero attached hydrogens (tertiary/aromatic N) is 1. The molecule has 6 N–H and O–H groups in total. The van der Waals surface area contributed by atoms with Crippen LogP contribution in [-0.4, -0.2) is 12.2 Å². The van der Waals surface area contributed by atoms with Crippen LogP contribution < -0.4 is 17.4 Å². The van der Waals surface area contributed by atoms with Crippen LogP contribution in [0.2, 0.25) is 0 Å². The zero-order valence-electron chi connectivity index (χ0n) is 4.66. The van der Waals surface area contributed by atoms with Crippen molar-refractivity contribution in [2.45, 2.75) is 13.2 Å². The molecule has 0 amide bonds. The molecule has 5 nitrogen and oxygen atoms in total. The number of nitrogens with two attached hydrogens (primary N) is 3. The van der Waals surface area contributed by atoms with E-state index in [-0.39, 0.29) is 5.96 Å². The zero-order chi connectivity index (χ0) is 6.57. The van der Waals surface area contributed by atoms with E-state index in [2.05, 4.69) is 9.83 Å². The van der Waals surface area contributed by atoms with Crippen LogP contribution in [0.4, 0.5) is 0 Å². The van der Waals surface area contributed by atoms with E-state index in [1.54, 1.807) is 6.92 Å². The molecule has 0 aliphatic heterocycles. The van der Waals surface area contributed by atoms with Crippen molar-refractivity contribution < 1.29 is 4.84 Å². The van der Waals surface area contributed by atoms with Gasteiger partial charge in [0.15, 0.2) is 12.2 Å². The Balaban J connectivity index is 3.51. The Hall–Kier alpha value is -0.810. The highest BCUT2D eigenvalue weighted by molar-refractivity contribution is 5.75. The molecule has 8 heavy (non-hydrogen) atoms. The van der Waals surface area contributed by atoms with E-state index >= 15 is 0 Å². The predicted octanol–water partition coefficient (Wildman–Crippen LogP) is -1.50. The summed E-state index contributed by atoms with van der Waals surface area (Å²) >= 11 is 0. The summed E-state index contributed by atoms with van der Waals surface area (Å²) in [5, 5.41) is 0. The van der Waals surface area contributed by atoms with Gasteiger partial charge in [-0.2, -0.15) is 0 Å². The fraction of sp³-hybridized carbons (Fsp3) is 0.667. The Morgan fingerprint density at radius 2 is 2.12 bits per heavy atom. The number of hydrogen-bond acceptors (Lipinski definition) is 3. The van der Waals surface area contributed by atoms with Crippen LogP contribution in [0.1, 0.15) is 6.92 Å². The lowest BCUT2D eigenvalue weighted by molar-refractivity contribution is 0.0731. The maximum atomic E-state index is 4.96. The first-order valence-electron chi connectivity index (χ1n) is 2.11. The van der Waals surface area contributed by atoms with Gasteiger partial charge in [0.2, 0.25) is 0 Å². The number of rotatable bonds is 2. The van der Waals surface area contributed by atoms with Gasteiger partial charge in [-0.15, -0.1) is 0 Å². The molecular formula is C3H10N4O. The number of hydrogen-bond donors (Lipinski definition) is 3. The fourth-order valence-electron chi connectivity index (χ4n) is 0.240. The predicted molar refractivity (Wildman–Crippen MR) is 30.5 cm³/mol. The van der Waals surface area contributed by atoms with Gasteiger partial charge in [-0.25, -0.2) is 10.9 Å². The highest BCUT2D eigenvalue weighted by Crippen LogP contribution is 1.82. The molecule has 0 aliphatic rings. The minimum absolute atomic E-state index is 0.0250. The minimum atomic E-state index is -0.458. The van der Waals surface area contributed by atoms with Gasteiger partial charge in [0.25, 0.3) is 0 Å². The summed E-state index contributed by atoms with van der Waals surface area (Å²) in [7, 11) is 0. The van der Waals surface area contributed by atoms with E-state index in [4.69, 9.17) is 17.4 Å². The molecule has 0 aliphatic carbocycles. The second-order valence-corrected chi connectivity index (χ2v) is 1.29. The molecule has 0 fully saturated rings. The van der Waals surface area contributed by atoms with Gasteiger partial charge in [0.1, 0.15) is 0 Å². The molecular weight excluding hydrogens is 108 g/mol. The molecule has 0 aromatic heterocycles. The summed E-state index contributed by atoms with van der Waals surface area (Å²) in [6.07, 6.45) is -0.458. The van der Waals surface area contributed by atoms with Crippen LogP contribution in [0.15, 0.2) is 4.99 Å². The van der Waals surface area contributed by atoms with Crippen LogP contribution in [0, 0.1) is 0 Å². The summed E-state index contributed by atoms with van der Waals surface area (Å²) in [5.74, 6) is 4.68. The topological polar surface area (TPSA) is 99.6 Å². The van der Waals surface area contributed by atoms with Gasteiger partial charge >= 0.3 is 0 Å². The largest absolute Gasteiger partial charge is 0.370 e. The lowest BCUT2D eigenvalue weighted by atomic mass is 10.7. The van der Waals surface area contributed by atoms with Crippen molar-refractivity contribution in [3.8, 4) is 0 Å². The highest BCUT2D eigenvalue weighted by Gasteiger charge is 1.92. The van der Waals surface area contributed by atoms with Crippen molar-refractivity contribution >= 4 is 5.96 Å². The van der Waals surface area contributed by atoms with Crippen molar-refractivity contribution in [1.82, 2.24) is 0 Å². The molecule has 5 heteroatoms. The second-order valence-electron chi connectivity index (χ2n) is 1.29. The molecule has 0 rings (SSSR count). The van der Waals surface area contributed by atoms with Crippen molar-refractivity contribution in [2.75, 3.05) is 0 Å². The molecule has 0 heterocycles. The highest BCUT2D eigenvalue weighted by atomic mass is 16.6. The Morgan fingerprint density at radius 3 is 2.25 bits per heavy atom. The molecule has 0 saturated carbocycles. The van der Waals surface area contributed by atoms with E-state index < -0.39 is 6.23 Å². The van der Waals surface area contributed by atoms with Crippen molar-refractivity contribution in [2.24, 2.45) is 22.4 Å². The average molecular weight is 118 g/mol. The summed E-state index contributed by atoms with van der Waals surface area (Å²) in [4.78, 5) is 7.73. The summed E-state index contributed by atoms with van der Waals surface area (Å²) in [6.45, 7) is 1.62. The van der Waals surface area contributed by atoms with E-state index in [9.17, 15) is 0 Å². The summed E-state index contributed by atoms with van der Waals surface area (Å²) in [6, 6.07) is 0. The lowest BCUT2D eigenvalue weighted by Gasteiger charge is -2.00. The molecule has 0 radical (unpaired) electrons. The smallest absolute Gasteiger partial charge is 0.188 e. The van der Waals surface area contributed by atoms with Crippen LogP contribution in [0.5, 0.6) is 0 Å². The molecule has 0 bridgehead atoms. The van der Waals surface area contributed by atoms with Gasteiger partial charge in [-0.3, -0.25) is 4.84 Å². The molecule has 1 atom stereocenters. The average Bonchev–Trinajstić information content (AvgIpc) is 1.65. The van der Waals surface area contributed by atoms with Gasteiger partial charge in [0.05, 0.1) is 0 Å². The van der Waals surface area contributed by atoms with Crippen LogP contribution in [-0.2, 0) is 4.84 Å².